The van der Waals surface area contributed by atoms with E-state index in [-0.39, 0.29) is 17.5 Å². The van der Waals surface area contributed by atoms with Crippen molar-refractivity contribution in [2.75, 3.05) is 18.1 Å². The van der Waals surface area contributed by atoms with E-state index in [1.165, 1.54) is 18.2 Å². The highest BCUT2D eigenvalue weighted by atomic mass is 32.2. The summed E-state index contributed by atoms with van der Waals surface area (Å²) in [6, 6.07) is 6.19. The van der Waals surface area contributed by atoms with Crippen molar-refractivity contribution in [2.24, 2.45) is 0 Å². The van der Waals surface area contributed by atoms with E-state index in [0.717, 1.165) is 5.56 Å². The van der Waals surface area contributed by atoms with Crippen LogP contribution in [-0.4, -0.2) is 60.4 Å². The second-order valence-corrected chi connectivity index (χ2v) is 8.90. The fourth-order valence-corrected chi connectivity index (χ4v) is 4.99. The SMILES string of the molecule is CCN(C(=O)C(C)OC(=O)c1ccc(-c2cnco2)cc1)C1CCS(=O)(=O)C1. The van der Waals surface area contributed by atoms with Crippen LogP contribution in [0.5, 0.6) is 0 Å². The maximum absolute atomic E-state index is 12.7. The van der Waals surface area contributed by atoms with Crippen LogP contribution in [0.25, 0.3) is 11.3 Å². The molecule has 0 saturated carbocycles. The lowest BCUT2D eigenvalue weighted by molar-refractivity contribution is -0.141. The highest BCUT2D eigenvalue weighted by Crippen LogP contribution is 2.21. The van der Waals surface area contributed by atoms with Crippen LogP contribution >= 0.6 is 0 Å². The minimum atomic E-state index is -3.11. The van der Waals surface area contributed by atoms with E-state index in [9.17, 15) is 18.0 Å². The molecular formula is C19H22N2O6S. The molecule has 1 saturated heterocycles. The molecule has 0 N–H and O–H groups in total. The summed E-state index contributed by atoms with van der Waals surface area (Å²) in [6.45, 7) is 3.63. The zero-order chi connectivity index (χ0) is 20.3. The molecule has 2 unspecified atom stereocenters. The van der Waals surface area contributed by atoms with Gasteiger partial charge in [0.2, 0.25) is 0 Å². The van der Waals surface area contributed by atoms with Crippen molar-refractivity contribution in [3.05, 3.63) is 42.4 Å². The molecular weight excluding hydrogens is 384 g/mol. The largest absolute Gasteiger partial charge is 0.449 e. The summed E-state index contributed by atoms with van der Waals surface area (Å²) in [7, 11) is -3.11. The van der Waals surface area contributed by atoms with E-state index in [4.69, 9.17) is 9.15 Å². The molecule has 0 bridgehead atoms. The third kappa shape index (κ3) is 4.41. The van der Waals surface area contributed by atoms with Crippen LogP contribution in [-0.2, 0) is 19.4 Å². The van der Waals surface area contributed by atoms with E-state index in [2.05, 4.69) is 4.98 Å². The molecule has 0 spiro atoms. The van der Waals surface area contributed by atoms with Crippen molar-refractivity contribution in [3.63, 3.8) is 0 Å². The number of carbonyl (C=O) groups excluding carboxylic acids is 2. The van der Waals surface area contributed by atoms with Crippen LogP contribution in [0.4, 0.5) is 0 Å². The summed E-state index contributed by atoms with van der Waals surface area (Å²) in [4.78, 5) is 30.4. The van der Waals surface area contributed by atoms with Crippen LogP contribution < -0.4 is 0 Å². The Balaban J connectivity index is 1.63. The Bertz CT molecular complexity index is 937. The maximum Gasteiger partial charge on any atom is 0.338 e. The number of likely N-dealkylation sites (N-methyl/N-ethyl adjacent to an activating group) is 1. The number of hydrogen-bond acceptors (Lipinski definition) is 7. The maximum atomic E-state index is 12.7. The number of benzene rings is 1. The van der Waals surface area contributed by atoms with Gasteiger partial charge >= 0.3 is 5.97 Å². The second-order valence-electron chi connectivity index (χ2n) is 6.67. The number of hydrogen-bond donors (Lipinski definition) is 0. The van der Waals surface area contributed by atoms with Crippen LogP contribution in [0.1, 0.15) is 30.6 Å². The van der Waals surface area contributed by atoms with E-state index in [1.807, 2.05) is 0 Å². The van der Waals surface area contributed by atoms with Crippen molar-refractivity contribution < 1.29 is 27.2 Å². The minimum absolute atomic E-state index is 0.0453. The molecule has 2 heterocycles. The Morgan fingerprint density at radius 1 is 1.32 bits per heavy atom. The molecule has 1 aromatic heterocycles. The molecule has 9 heteroatoms. The Labute approximate surface area is 163 Å². The smallest absolute Gasteiger partial charge is 0.338 e. The van der Waals surface area contributed by atoms with Crippen molar-refractivity contribution in [1.82, 2.24) is 9.88 Å². The Kier molecular flexibility index (Phi) is 5.83. The van der Waals surface area contributed by atoms with Crippen molar-refractivity contribution >= 4 is 21.7 Å². The predicted molar refractivity (Wildman–Crippen MR) is 101 cm³/mol. The Morgan fingerprint density at radius 2 is 2.04 bits per heavy atom. The van der Waals surface area contributed by atoms with E-state index in [0.29, 0.717) is 24.3 Å². The highest BCUT2D eigenvalue weighted by molar-refractivity contribution is 7.91. The topological polar surface area (TPSA) is 107 Å². The quantitative estimate of drug-likeness (QED) is 0.675. The van der Waals surface area contributed by atoms with Gasteiger partial charge in [0.1, 0.15) is 0 Å². The lowest BCUT2D eigenvalue weighted by Gasteiger charge is -2.29. The van der Waals surface area contributed by atoms with Crippen molar-refractivity contribution in [2.45, 2.75) is 32.4 Å². The normalized spacial score (nSPS) is 19.1. The van der Waals surface area contributed by atoms with Crippen molar-refractivity contribution in [3.8, 4) is 11.3 Å². The number of esters is 1. The fraction of sp³-hybridized carbons (Fsp3) is 0.421. The molecule has 1 aliphatic rings. The van der Waals surface area contributed by atoms with Crippen molar-refractivity contribution in [1.29, 1.82) is 0 Å². The zero-order valence-corrected chi connectivity index (χ0v) is 16.5. The first-order chi connectivity index (χ1) is 13.3. The standard InChI is InChI=1S/C19H22N2O6S/c1-3-21(16-8-9-28(24,25)11-16)18(22)13(2)27-19(23)15-6-4-14(5-7-15)17-10-20-12-26-17/h4-7,10,12-13,16H,3,8-9,11H2,1-2H3. The van der Waals surface area contributed by atoms with Gasteiger partial charge in [-0.1, -0.05) is 12.1 Å². The van der Waals surface area contributed by atoms with Gasteiger partial charge in [0.15, 0.2) is 28.1 Å². The molecule has 1 aromatic carbocycles. The van der Waals surface area contributed by atoms with Gasteiger partial charge in [-0.15, -0.1) is 0 Å². The van der Waals surface area contributed by atoms with Crippen LogP contribution in [0.15, 0.2) is 41.3 Å². The third-order valence-corrected chi connectivity index (χ3v) is 6.49. The monoisotopic (exact) mass is 406 g/mol. The zero-order valence-electron chi connectivity index (χ0n) is 15.7. The van der Waals surface area contributed by atoms with Gasteiger partial charge in [0.25, 0.3) is 5.91 Å². The van der Waals surface area contributed by atoms with E-state index < -0.39 is 27.8 Å². The predicted octanol–water partition coefficient (Wildman–Crippen LogP) is 1.92. The molecule has 0 radical (unpaired) electrons. The summed E-state index contributed by atoms with van der Waals surface area (Å²) in [5, 5.41) is 0. The molecule has 1 amide bonds. The molecule has 1 aliphatic heterocycles. The van der Waals surface area contributed by atoms with Crippen LogP contribution in [0, 0.1) is 0 Å². The number of carbonyl (C=O) groups is 2. The molecule has 3 rings (SSSR count). The number of sulfone groups is 1. The number of oxazole rings is 1. The minimum Gasteiger partial charge on any atom is -0.449 e. The number of amides is 1. The van der Waals surface area contributed by atoms with Gasteiger partial charge in [-0.25, -0.2) is 18.2 Å². The average Bonchev–Trinajstić information content (AvgIpc) is 3.32. The summed E-state index contributed by atoms with van der Waals surface area (Å²) in [5.41, 5.74) is 1.06. The van der Waals surface area contributed by atoms with E-state index in [1.54, 1.807) is 37.4 Å². The molecule has 1 fully saturated rings. The molecule has 2 atom stereocenters. The first-order valence-corrected chi connectivity index (χ1v) is 10.8. The highest BCUT2D eigenvalue weighted by Gasteiger charge is 2.36. The fourth-order valence-electron chi connectivity index (χ4n) is 3.26. The molecule has 2 aromatic rings. The van der Waals surface area contributed by atoms with E-state index >= 15 is 0 Å². The Morgan fingerprint density at radius 3 is 2.57 bits per heavy atom. The van der Waals surface area contributed by atoms with Crippen LogP contribution in [0.2, 0.25) is 0 Å². The van der Waals surface area contributed by atoms with Gasteiger partial charge < -0.3 is 14.1 Å². The lowest BCUT2D eigenvalue weighted by Crippen LogP contribution is -2.46. The summed E-state index contributed by atoms with van der Waals surface area (Å²) < 4.78 is 33.9. The number of aromatic nitrogens is 1. The molecule has 150 valence electrons. The van der Waals surface area contributed by atoms with Gasteiger partial charge in [0, 0.05) is 18.2 Å². The van der Waals surface area contributed by atoms with Gasteiger partial charge in [-0.05, 0) is 32.4 Å². The lowest BCUT2D eigenvalue weighted by atomic mass is 10.1. The molecule has 0 aliphatic carbocycles. The van der Waals surface area contributed by atoms with Crippen LogP contribution in [0.3, 0.4) is 0 Å². The Hall–Kier alpha value is -2.68. The second kappa shape index (κ2) is 8.14. The summed E-state index contributed by atoms with van der Waals surface area (Å²) in [6.07, 6.45) is 2.28. The summed E-state index contributed by atoms with van der Waals surface area (Å²) >= 11 is 0. The first-order valence-electron chi connectivity index (χ1n) is 9.01. The van der Waals surface area contributed by atoms with Gasteiger partial charge in [-0.2, -0.15) is 0 Å². The number of nitrogens with zero attached hydrogens (tertiary/aromatic N) is 2. The average molecular weight is 406 g/mol. The number of ether oxygens (including phenoxy) is 1. The van der Waals surface area contributed by atoms with Gasteiger partial charge in [0.05, 0.1) is 23.3 Å². The third-order valence-electron chi connectivity index (χ3n) is 4.74. The summed E-state index contributed by atoms with van der Waals surface area (Å²) in [5.74, 6) is -0.409. The molecule has 28 heavy (non-hydrogen) atoms. The van der Waals surface area contributed by atoms with Gasteiger partial charge in [-0.3, -0.25) is 4.79 Å². The number of rotatable bonds is 6. The molecule has 8 nitrogen and oxygen atoms in total. The first kappa shape index (κ1) is 20.1.